The van der Waals surface area contributed by atoms with Gasteiger partial charge in [0.15, 0.2) is 0 Å². The van der Waals surface area contributed by atoms with Gasteiger partial charge in [-0.15, -0.1) is 0 Å². The lowest BCUT2D eigenvalue weighted by Crippen LogP contribution is -2.05. The summed E-state index contributed by atoms with van der Waals surface area (Å²) in [5, 5.41) is 9.65. The van der Waals surface area contributed by atoms with Crippen molar-refractivity contribution in [3.05, 3.63) is 46.1 Å². The third kappa shape index (κ3) is 2.97. The van der Waals surface area contributed by atoms with Crippen LogP contribution in [0, 0.1) is 0 Å². The van der Waals surface area contributed by atoms with E-state index in [0.29, 0.717) is 32.6 Å². The lowest BCUT2D eigenvalue weighted by Gasteiger charge is -2.09. The van der Waals surface area contributed by atoms with Gasteiger partial charge in [-0.2, -0.15) is 0 Å². The number of aromatic nitrogens is 1. The number of pyridine rings is 1. The van der Waals surface area contributed by atoms with Crippen LogP contribution in [0.1, 0.15) is 5.56 Å². The maximum atomic E-state index is 10.8. The lowest BCUT2D eigenvalue weighted by atomic mass is 10.0. The minimum Gasteiger partial charge on any atom is -0.481 e. The highest BCUT2D eigenvalue weighted by Crippen LogP contribution is 2.31. The molecular formula is C13H10Cl2N2O2. The zero-order valence-corrected chi connectivity index (χ0v) is 11.2. The van der Waals surface area contributed by atoms with Gasteiger partial charge in [0, 0.05) is 11.8 Å². The molecule has 0 unspecified atom stereocenters. The number of nitrogen functional groups attached to an aromatic ring is 1. The predicted octanol–water partition coefficient (Wildman–Crippen LogP) is 3.26. The molecule has 19 heavy (non-hydrogen) atoms. The Morgan fingerprint density at radius 2 is 2.00 bits per heavy atom. The van der Waals surface area contributed by atoms with E-state index in [1.807, 2.05) is 0 Å². The van der Waals surface area contributed by atoms with Crippen LogP contribution in [0.25, 0.3) is 11.3 Å². The predicted molar refractivity (Wildman–Crippen MR) is 75.4 cm³/mol. The molecule has 3 N–H and O–H groups in total. The molecule has 0 fully saturated rings. The number of aliphatic carboxylic acids is 1. The molecule has 0 saturated heterocycles. The van der Waals surface area contributed by atoms with Crippen molar-refractivity contribution < 1.29 is 9.90 Å². The largest absolute Gasteiger partial charge is 0.481 e. The number of halogens is 2. The Balaban J connectivity index is 2.50. The topological polar surface area (TPSA) is 76.2 Å². The first-order valence-corrected chi connectivity index (χ1v) is 6.15. The van der Waals surface area contributed by atoms with Crippen molar-refractivity contribution in [2.75, 3.05) is 5.73 Å². The number of nitrogens with zero attached hydrogens (tertiary/aromatic N) is 1. The number of hydrogen-bond donors (Lipinski definition) is 2. The number of hydrogen-bond acceptors (Lipinski definition) is 3. The highest BCUT2D eigenvalue weighted by Gasteiger charge is 2.12. The maximum absolute atomic E-state index is 10.8. The Kier molecular flexibility index (Phi) is 3.93. The van der Waals surface area contributed by atoms with Gasteiger partial charge in [-0.25, -0.2) is 0 Å². The molecule has 6 heteroatoms. The molecule has 2 aromatic rings. The van der Waals surface area contributed by atoms with Gasteiger partial charge < -0.3 is 10.8 Å². The van der Waals surface area contributed by atoms with Crippen molar-refractivity contribution in [1.82, 2.24) is 4.98 Å². The normalized spacial score (nSPS) is 10.4. The number of carboxylic acids is 1. The van der Waals surface area contributed by atoms with Crippen molar-refractivity contribution >= 4 is 34.9 Å². The highest BCUT2D eigenvalue weighted by atomic mass is 35.5. The van der Waals surface area contributed by atoms with Crippen molar-refractivity contribution in [3.63, 3.8) is 0 Å². The van der Waals surface area contributed by atoms with Gasteiger partial charge in [0.25, 0.3) is 0 Å². The number of rotatable bonds is 3. The standard InChI is InChI=1S/C13H10Cl2N2O2/c14-9-2-1-8(5-10(9)15)13-12(16)7(3-4-17-13)6-11(18)19/h1-5H,6,16H2,(H,18,19). The van der Waals surface area contributed by atoms with Crippen LogP contribution in [0.3, 0.4) is 0 Å². The van der Waals surface area contributed by atoms with E-state index in [-0.39, 0.29) is 6.42 Å². The second kappa shape index (κ2) is 5.47. The summed E-state index contributed by atoms with van der Waals surface area (Å²) < 4.78 is 0. The average Bonchev–Trinajstić information content (AvgIpc) is 2.35. The van der Waals surface area contributed by atoms with E-state index in [9.17, 15) is 4.79 Å². The molecule has 98 valence electrons. The molecule has 4 nitrogen and oxygen atoms in total. The molecule has 1 aromatic heterocycles. The summed E-state index contributed by atoms with van der Waals surface area (Å²) in [5.74, 6) is -0.946. The Bertz CT molecular complexity index is 645. The fraction of sp³-hybridized carbons (Fsp3) is 0.0769. The third-order valence-electron chi connectivity index (χ3n) is 2.62. The van der Waals surface area contributed by atoms with E-state index < -0.39 is 5.97 Å². The van der Waals surface area contributed by atoms with Crippen LogP contribution < -0.4 is 5.73 Å². The monoisotopic (exact) mass is 296 g/mol. The fourth-order valence-corrected chi connectivity index (χ4v) is 2.00. The Morgan fingerprint density at radius 1 is 1.26 bits per heavy atom. The summed E-state index contributed by atoms with van der Waals surface area (Å²) in [7, 11) is 0. The molecule has 0 amide bonds. The molecule has 2 rings (SSSR count). The second-order valence-electron chi connectivity index (χ2n) is 3.93. The van der Waals surface area contributed by atoms with Gasteiger partial charge in [0.1, 0.15) is 0 Å². The minimum absolute atomic E-state index is 0.150. The first-order valence-electron chi connectivity index (χ1n) is 5.39. The summed E-state index contributed by atoms with van der Waals surface area (Å²) in [4.78, 5) is 14.9. The van der Waals surface area contributed by atoms with E-state index >= 15 is 0 Å². The zero-order valence-electron chi connectivity index (χ0n) is 9.73. The maximum Gasteiger partial charge on any atom is 0.307 e. The Labute approximate surface area is 119 Å². The van der Waals surface area contributed by atoms with Gasteiger partial charge in [-0.1, -0.05) is 29.3 Å². The second-order valence-corrected chi connectivity index (χ2v) is 4.75. The lowest BCUT2D eigenvalue weighted by molar-refractivity contribution is -0.136. The van der Waals surface area contributed by atoms with E-state index in [2.05, 4.69) is 4.98 Å². The van der Waals surface area contributed by atoms with Crippen LogP contribution in [0.2, 0.25) is 10.0 Å². The third-order valence-corrected chi connectivity index (χ3v) is 3.35. The number of carboxylic acid groups (broad SMARTS) is 1. The molecule has 0 saturated carbocycles. The van der Waals surface area contributed by atoms with Crippen LogP contribution in [0.5, 0.6) is 0 Å². The Morgan fingerprint density at radius 3 is 2.63 bits per heavy atom. The quantitative estimate of drug-likeness (QED) is 0.911. The summed E-state index contributed by atoms with van der Waals surface area (Å²) in [6.07, 6.45) is 1.37. The molecule has 0 atom stereocenters. The molecule has 0 aliphatic heterocycles. The van der Waals surface area contributed by atoms with E-state index in [4.69, 9.17) is 34.0 Å². The van der Waals surface area contributed by atoms with Crippen LogP contribution in [-0.2, 0) is 11.2 Å². The number of anilines is 1. The average molecular weight is 297 g/mol. The molecule has 1 aromatic carbocycles. The van der Waals surface area contributed by atoms with E-state index in [1.165, 1.54) is 6.20 Å². The van der Waals surface area contributed by atoms with Gasteiger partial charge in [0.2, 0.25) is 0 Å². The molecule has 0 radical (unpaired) electrons. The Hall–Kier alpha value is -1.78. The highest BCUT2D eigenvalue weighted by molar-refractivity contribution is 6.42. The molecule has 0 aliphatic rings. The van der Waals surface area contributed by atoms with Crippen LogP contribution in [0.15, 0.2) is 30.5 Å². The molecular weight excluding hydrogens is 287 g/mol. The first kappa shape index (κ1) is 13.6. The van der Waals surface area contributed by atoms with Crippen LogP contribution in [-0.4, -0.2) is 16.1 Å². The van der Waals surface area contributed by atoms with E-state index in [1.54, 1.807) is 24.3 Å². The minimum atomic E-state index is -0.946. The summed E-state index contributed by atoms with van der Waals surface area (Å²) in [6, 6.07) is 6.61. The van der Waals surface area contributed by atoms with Crippen molar-refractivity contribution in [1.29, 1.82) is 0 Å². The van der Waals surface area contributed by atoms with Gasteiger partial charge >= 0.3 is 5.97 Å². The number of nitrogens with two attached hydrogens (primary N) is 1. The molecule has 0 bridgehead atoms. The van der Waals surface area contributed by atoms with Gasteiger partial charge in [-0.3, -0.25) is 9.78 Å². The SMILES string of the molecule is Nc1c(CC(=O)O)ccnc1-c1ccc(Cl)c(Cl)c1. The first-order chi connectivity index (χ1) is 8.99. The molecule has 0 spiro atoms. The molecule has 0 aliphatic carbocycles. The van der Waals surface area contributed by atoms with Gasteiger partial charge in [-0.05, 0) is 23.8 Å². The molecule has 1 heterocycles. The van der Waals surface area contributed by atoms with Crippen LogP contribution in [0.4, 0.5) is 5.69 Å². The summed E-state index contributed by atoms with van der Waals surface area (Å²) in [5.41, 5.74) is 7.99. The zero-order chi connectivity index (χ0) is 14.0. The van der Waals surface area contributed by atoms with Crippen LogP contribution >= 0.6 is 23.2 Å². The number of benzene rings is 1. The van der Waals surface area contributed by atoms with E-state index in [0.717, 1.165) is 0 Å². The summed E-state index contributed by atoms with van der Waals surface area (Å²) in [6.45, 7) is 0. The number of carbonyl (C=O) groups is 1. The van der Waals surface area contributed by atoms with Gasteiger partial charge in [0.05, 0.1) is 27.8 Å². The summed E-state index contributed by atoms with van der Waals surface area (Å²) >= 11 is 11.8. The van der Waals surface area contributed by atoms with Crippen molar-refractivity contribution in [2.45, 2.75) is 6.42 Å². The smallest absolute Gasteiger partial charge is 0.307 e. The fourth-order valence-electron chi connectivity index (χ4n) is 1.70. The van der Waals surface area contributed by atoms with Crippen molar-refractivity contribution in [2.24, 2.45) is 0 Å². The van der Waals surface area contributed by atoms with Crippen molar-refractivity contribution in [3.8, 4) is 11.3 Å².